The van der Waals surface area contributed by atoms with E-state index in [0.717, 1.165) is 42.9 Å². The Kier molecular flexibility index (Phi) is 3.55. The average molecular weight is 306 g/mol. The SMILES string of the molecule is O=c1[nH]c2nc(N3CCNCC3)ccc2cc1-c1ccccc1. The van der Waals surface area contributed by atoms with Crippen molar-refractivity contribution in [2.24, 2.45) is 0 Å². The highest BCUT2D eigenvalue weighted by Crippen LogP contribution is 2.21. The summed E-state index contributed by atoms with van der Waals surface area (Å²) in [6.45, 7) is 3.79. The van der Waals surface area contributed by atoms with E-state index in [4.69, 9.17) is 0 Å². The summed E-state index contributed by atoms with van der Waals surface area (Å²) < 4.78 is 0. The monoisotopic (exact) mass is 306 g/mol. The fraction of sp³-hybridized carbons (Fsp3) is 0.222. The summed E-state index contributed by atoms with van der Waals surface area (Å²) in [6, 6.07) is 15.7. The number of anilines is 1. The third-order valence-corrected chi connectivity index (χ3v) is 4.21. The van der Waals surface area contributed by atoms with Gasteiger partial charge in [0.05, 0.1) is 0 Å². The van der Waals surface area contributed by atoms with Crippen molar-refractivity contribution in [3.63, 3.8) is 0 Å². The summed E-state index contributed by atoms with van der Waals surface area (Å²) in [5, 5.41) is 4.28. The van der Waals surface area contributed by atoms with Crippen molar-refractivity contribution in [1.82, 2.24) is 15.3 Å². The zero-order valence-corrected chi connectivity index (χ0v) is 12.7. The minimum Gasteiger partial charge on any atom is -0.354 e. The summed E-state index contributed by atoms with van der Waals surface area (Å²) in [5.74, 6) is 0.919. The molecule has 1 aliphatic heterocycles. The molecule has 3 aromatic rings. The van der Waals surface area contributed by atoms with Gasteiger partial charge in [-0.3, -0.25) is 4.79 Å². The highest BCUT2D eigenvalue weighted by atomic mass is 16.1. The predicted octanol–water partition coefficient (Wildman–Crippen LogP) is 2.00. The summed E-state index contributed by atoms with van der Waals surface area (Å²) >= 11 is 0. The van der Waals surface area contributed by atoms with Crippen LogP contribution in [0.15, 0.2) is 53.3 Å². The van der Waals surface area contributed by atoms with Crippen LogP contribution >= 0.6 is 0 Å². The first-order chi connectivity index (χ1) is 11.3. The zero-order chi connectivity index (χ0) is 15.6. The molecule has 0 unspecified atom stereocenters. The number of nitrogens with one attached hydrogen (secondary N) is 2. The molecule has 5 nitrogen and oxygen atoms in total. The summed E-state index contributed by atoms with van der Waals surface area (Å²) in [5.41, 5.74) is 2.14. The molecule has 0 atom stereocenters. The Bertz CT molecular complexity index is 882. The van der Waals surface area contributed by atoms with Gasteiger partial charge in [-0.1, -0.05) is 30.3 Å². The van der Waals surface area contributed by atoms with E-state index >= 15 is 0 Å². The van der Waals surface area contributed by atoms with Gasteiger partial charge < -0.3 is 15.2 Å². The lowest BCUT2D eigenvalue weighted by molar-refractivity contribution is 0.585. The van der Waals surface area contributed by atoms with E-state index in [2.05, 4.69) is 20.2 Å². The average Bonchev–Trinajstić information content (AvgIpc) is 2.62. The van der Waals surface area contributed by atoms with Gasteiger partial charge in [0.25, 0.3) is 5.56 Å². The highest BCUT2D eigenvalue weighted by molar-refractivity contribution is 5.82. The number of aromatic nitrogens is 2. The molecule has 3 heterocycles. The van der Waals surface area contributed by atoms with E-state index in [1.165, 1.54) is 0 Å². The smallest absolute Gasteiger partial charge is 0.257 e. The van der Waals surface area contributed by atoms with Crippen molar-refractivity contribution in [2.45, 2.75) is 0 Å². The van der Waals surface area contributed by atoms with Crippen LogP contribution in [-0.2, 0) is 0 Å². The summed E-state index contributed by atoms with van der Waals surface area (Å²) in [6.07, 6.45) is 0. The number of pyridine rings is 2. The first-order valence-corrected chi connectivity index (χ1v) is 7.86. The lowest BCUT2D eigenvalue weighted by Crippen LogP contribution is -2.43. The molecule has 0 radical (unpaired) electrons. The van der Waals surface area contributed by atoms with Crippen LogP contribution in [0.25, 0.3) is 22.2 Å². The van der Waals surface area contributed by atoms with Gasteiger partial charge >= 0.3 is 0 Å². The Labute approximate surface area is 134 Å². The van der Waals surface area contributed by atoms with Crippen LogP contribution in [0.3, 0.4) is 0 Å². The molecule has 23 heavy (non-hydrogen) atoms. The predicted molar refractivity (Wildman–Crippen MR) is 92.9 cm³/mol. The number of nitrogens with zero attached hydrogens (tertiary/aromatic N) is 2. The number of fused-ring (bicyclic) bond motifs is 1. The van der Waals surface area contributed by atoms with Gasteiger partial charge in [-0.05, 0) is 23.8 Å². The highest BCUT2D eigenvalue weighted by Gasteiger charge is 2.13. The first kappa shape index (κ1) is 14.0. The Morgan fingerprint density at radius 3 is 2.57 bits per heavy atom. The number of aromatic amines is 1. The molecule has 0 amide bonds. The Morgan fingerprint density at radius 1 is 1.00 bits per heavy atom. The van der Waals surface area contributed by atoms with Crippen molar-refractivity contribution >= 4 is 16.9 Å². The molecule has 1 saturated heterocycles. The van der Waals surface area contributed by atoms with Crippen molar-refractivity contribution < 1.29 is 0 Å². The lowest BCUT2D eigenvalue weighted by atomic mass is 10.1. The second-order valence-corrected chi connectivity index (χ2v) is 5.72. The number of benzene rings is 1. The molecular formula is C18H18N4O. The van der Waals surface area contributed by atoms with Crippen LogP contribution in [-0.4, -0.2) is 36.1 Å². The molecule has 2 aromatic heterocycles. The van der Waals surface area contributed by atoms with Crippen molar-refractivity contribution in [2.75, 3.05) is 31.1 Å². The van der Waals surface area contributed by atoms with Gasteiger partial charge in [0.15, 0.2) is 0 Å². The molecular weight excluding hydrogens is 288 g/mol. The maximum absolute atomic E-state index is 12.4. The van der Waals surface area contributed by atoms with Crippen molar-refractivity contribution in [3.8, 4) is 11.1 Å². The third kappa shape index (κ3) is 2.71. The van der Waals surface area contributed by atoms with Crippen LogP contribution in [0, 0.1) is 0 Å². The van der Waals surface area contributed by atoms with Crippen LogP contribution in [0.5, 0.6) is 0 Å². The molecule has 0 saturated carbocycles. The number of piperazine rings is 1. The van der Waals surface area contributed by atoms with Crippen molar-refractivity contribution in [3.05, 3.63) is 58.9 Å². The van der Waals surface area contributed by atoms with E-state index in [-0.39, 0.29) is 5.56 Å². The second kappa shape index (κ2) is 5.85. The molecule has 1 aliphatic rings. The van der Waals surface area contributed by atoms with E-state index in [1.807, 2.05) is 48.5 Å². The zero-order valence-electron chi connectivity index (χ0n) is 12.7. The minimum absolute atomic E-state index is 0.103. The number of hydrogen-bond donors (Lipinski definition) is 2. The molecule has 0 bridgehead atoms. The normalized spacial score (nSPS) is 15.0. The summed E-state index contributed by atoms with van der Waals surface area (Å²) in [4.78, 5) is 22.2. The molecule has 0 spiro atoms. The molecule has 1 fully saturated rings. The van der Waals surface area contributed by atoms with Crippen molar-refractivity contribution in [1.29, 1.82) is 0 Å². The van der Waals surface area contributed by atoms with Crippen LogP contribution in [0.1, 0.15) is 0 Å². The van der Waals surface area contributed by atoms with Gasteiger partial charge in [0.2, 0.25) is 0 Å². The second-order valence-electron chi connectivity index (χ2n) is 5.72. The van der Waals surface area contributed by atoms with Gasteiger partial charge in [0, 0.05) is 37.1 Å². The molecule has 116 valence electrons. The molecule has 4 rings (SSSR count). The molecule has 5 heteroatoms. The fourth-order valence-electron chi connectivity index (χ4n) is 2.97. The van der Waals surface area contributed by atoms with Gasteiger partial charge in [-0.25, -0.2) is 4.98 Å². The number of hydrogen-bond acceptors (Lipinski definition) is 4. The van der Waals surface area contributed by atoms with E-state index in [1.54, 1.807) is 0 Å². The molecule has 1 aromatic carbocycles. The molecule has 0 aliphatic carbocycles. The Balaban J connectivity index is 1.77. The van der Waals surface area contributed by atoms with E-state index in [0.29, 0.717) is 11.2 Å². The van der Waals surface area contributed by atoms with E-state index in [9.17, 15) is 4.79 Å². The fourth-order valence-corrected chi connectivity index (χ4v) is 2.97. The van der Waals surface area contributed by atoms with Gasteiger partial charge in [-0.2, -0.15) is 0 Å². The quantitative estimate of drug-likeness (QED) is 0.760. The maximum Gasteiger partial charge on any atom is 0.257 e. The minimum atomic E-state index is -0.103. The largest absolute Gasteiger partial charge is 0.354 e. The lowest BCUT2D eigenvalue weighted by Gasteiger charge is -2.28. The first-order valence-electron chi connectivity index (χ1n) is 7.86. The Morgan fingerprint density at radius 2 is 1.78 bits per heavy atom. The topological polar surface area (TPSA) is 61.0 Å². The number of rotatable bonds is 2. The van der Waals surface area contributed by atoms with Crippen LogP contribution in [0.4, 0.5) is 5.82 Å². The van der Waals surface area contributed by atoms with Crippen LogP contribution in [0.2, 0.25) is 0 Å². The maximum atomic E-state index is 12.4. The molecule has 2 N–H and O–H groups in total. The van der Waals surface area contributed by atoms with Gasteiger partial charge in [0.1, 0.15) is 11.5 Å². The van der Waals surface area contributed by atoms with E-state index < -0.39 is 0 Å². The van der Waals surface area contributed by atoms with Crippen LogP contribution < -0.4 is 15.8 Å². The standard InChI is InChI=1S/C18H18N4O/c23-18-15(13-4-2-1-3-5-13)12-14-6-7-16(20-17(14)21-18)22-10-8-19-9-11-22/h1-7,12,19H,8-11H2,(H,20,21,23). The Hall–Kier alpha value is -2.66. The third-order valence-electron chi connectivity index (χ3n) is 4.21. The summed E-state index contributed by atoms with van der Waals surface area (Å²) in [7, 11) is 0. The van der Waals surface area contributed by atoms with Gasteiger partial charge in [-0.15, -0.1) is 0 Å². The number of H-pyrrole nitrogens is 1.